The molecule has 0 aliphatic rings. The van der Waals surface area contributed by atoms with Crippen molar-refractivity contribution in [2.45, 2.75) is 12.8 Å². The molecule has 2 aromatic carbocycles. The number of anilines is 2. The van der Waals surface area contributed by atoms with Gasteiger partial charge in [-0.2, -0.15) is 0 Å². The van der Waals surface area contributed by atoms with Crippen LogP contribution in [0.3, 0.4) is 0 Å². The Morgan fingerprint density at radius 1 is 0.926 bits per heavy atom. The first kappa shape index (κ1) is 20.7. The second kappa shape index (κ2) is 9.89. The molecule has 2 rings (SSSR count). The number of carbonyl (C=O) groups excluding carboxylic acids is 3. The van der Waals surface area contributed by atoms with Crippen LogP contribution in [0.4, 0.5) is 15.8 Å². The topological polar surface area (TPSA) is 84.5 Å². The van der Waals surface area contributed by atoms with Crippen molar-refractivity contribution in [3.63, 3.8) is 0 Å². The standard InChI is InChI=1S/C18H15Cl2FN2O4/c19-11-1-6-14(20)15(9-11)23-16(24)7-8-18(26)27-10-17(25)22-13-4-2-12(21)3-5-13/h1-6,9H,7-8,10H2,(H,22,25)(H,23,24). The molecule has 0 spiro atoms. The quantitative estimate of drug-likeness (QED) is 0.672. The van der Waals surface area contributed by atoms with Crippen molar-refractivity contribution < 1.29 is 23.5 Å². The van der Waals surface area contributed by atoms with E-state index in [4.69, 9.17) is 27.9 Å². The highest BCUT2D eigenvalue weighted by atomic mass is 35.5. The number of ether oxygens (including phenoxy) is 1. The largest absolute Gasteiger partial charge is 0.456 e. The molecule has 0 fully saturated rings. The van der Waals surface area contributed by atoms with E-state index >= 15 is 0 Å². The van der Waals surface area contributed by atoms with E-state index in [1.54, 1.807) is 6.07 Å². The average Bonchev–Trinajstić information content (AvgIpc) is 2.63. The normalized spacial score (nSPS) is 10.2. The molecule has 0 aliphatic heterocycles. The Morgan fingerprint density at radius 3 is 2.33 bits per heavy atom. The van der Waals surface area contributed by atoms with Gasteiger partial charge in [0.2, 0.25) is 5.91 Å². The van der Waals surface area contributed by atoms with Gasteiger partial charge in [0.25, 0.3) is 5.91 Å². The van der Waals surface area contributed by atoms with E-state index in [9.17, 15) is 18.8 Å². The Morgan fingerprint density at radius 2 is 1.63 bits per heavy atom. The van der Waals surface area contributed by atoms with Crippen molar-refractivity contribution in [2.75, 3.05) is 17.2 Å². The van der Waals surface area contributed by atoms with Crippen molar-refractivity contribution in [1.29, 1.82) is 0 Å². The molecule has 27 heavy (non-hydrogen) atoms. The Kier molecular flexibility index (Phi) is 7.57. The zero-order chi connectivity index (χ0) is 19.8. The molecule has 2 N–H and O–H groups in total. The van der Waals surface area contributed by atoms with Crippen molar-refractivity contribution in [1.82, 2.24) is 0 Å². The SMILES string of the molecule is O=C(COC(=O)CCC(=O)Nc1cc(Cl)ccc1Cl)Nc1ccc(F)cc1. The monoisotopic (exact) mass is 412 g/mol. The first-order valence-corrected chi connectivity index (χ1v) is 8.55. The number of esters is 1. The minimum atomic E-state index is -0.711. The second-order valence-corrected chi connectivity index (χ2v) is 6.23. The molecule has 2 amide bonds. The summed E-state index contributed by atoms with van der Waals surface area (Å²) in [6, 6.07) is 9.72. The lowest BCUT2D eigenvalue weighted by Gasteiger charge is -2.08. The maximum Gasteiger partial charge on any atom is 0.306 e. The summed E-state index contributed by atoms with van der Waals surface area (Å²) >= 11 is 11.8. The molecule has 0 atom stereocenters. The first-order chi connectivity index (χ1) is 12.8. The van der Waals surface area contributed by atoms with E-state index in [1.165, 1.54) is 36.4 Å². The summed E-state index contributed by atoms with van der Waals surface area (Å²) in [6.07, 6.45) is -0.366. The summed E-state index contributed by atoms with van der Waals surface area (Å²) in [5, 5.41) is 5.70. The van der Waals surface area contributed by atoms with E-state index in [2.05, 4.69) is 10.6 Å². The summed E-state index contributed by atoms with van der Waals surface area (Å²) in [5.41, 5.74) is 0.705. The third-order valence-electron chi connectivity index (χ3n) is 3.25. The van der Waals surface area contributed by atoms with Gasteiger partial charge in [-0.25, -0.2) is 4.39 Å². The van der Waals surface area contributed by atoms with Crippen molar-refractivity contribution in [2.24, 2.45) is 0 Å². The summed E-state index contributed by atoms with van der Waals surface area (Å²) in [7, 11) is 0. The van der Waals surface area contributed by atoms with Crippen LogP contribution < -0.4 is 10.6 Å². The van der Waals surface area contributed by atoms with E-state index in [0.717, 1.165) is 0 Å². The Bertz CT molecular complexity index is 844. The van der Waals surface area contributed by atoms with Gasteiger partial charge >= 0.3 is 5.97 Å². The molecule has 0 radical (unpaired) electrons. The number of rotatable bonds is 7. The first-order valence-electron chi connectivity index (χ1n) is 7.79. The van der Waals surface area contributed by atoms with Gasteiger partial charge in [0, 0.05) is 17.1 Å². The molecule has 0 aliphatic carbocycles. The number of halogens is 3. The van der Waals surface area contributed by atoms with Gasteiger partial charge in [-0.05, 0) is 42.5 Å². The van der Waals surface area contributed by atoms with Crippen LogP contribution in [-0.4, -0.2) is 24.4 Å². The third kappa shape index (κ3) is 7.24. The van der Waals surface area contributed by atoms with Crippen LogP contribution in [0.25, 0.3) is 0 Å². The molecule has 0 aromatic heterocycles. The van der Waals surface area contributed by atoms with Gasteiger partial charge < -0.3 is 15.4 Å². The average molecular weight is 413 g/mol. The molecular weight excluding hydrogens is 398 g/mol. The molecular formula is C18H15Cl2FN2O4. The zero-order valence-electron chi connectivity index (χ0n) is 13.9. The van der Waals surface area contributed by atoms with Gasteiger partial charge in [-0.15, -0.1) is 0 Å². The Balaban J connectivity index is 1.70. The summed E-state index contributed by atoms with van der Waals surface area (Å²) in [5.74, 6) is -2.18. The molecule has 0 heterocycles. The van der Waals surface area contributed by atoms with Crippen LogP contribution in [0.2, 0.25) is 10.0 Å². The van der Waals surface area contributed by atoms with Crippen LogP contribution >= 0.6 is 23.2 Å². The zero-order valence-corrected chi connectivity index (χ0v) is 15.4. The lowest BCUT2D eigenvalue weighted by molar-refractivity contribution is -0.147. The predicted molar refractivity (Wildman–Crippen MR) is 100 cm³/mol. The molecule has 6 nitrogen and oxygen atoms in total. The van der Waals surface area contributed by atoms with Gasteiger partial charge in [0.1, 0.15) is 5.82 Å². The number of benzene rings is 2. The van der Waals surface area contributed by atoms with E-state index in [1.807, 2.05) is 0 Å². The molecule has 0 saturated heterocycles. The number of hydrogen-bond donors (Lipinski definition) is 2. The molecule has 9 heteroatoms. The lowest BCUT2D eigenvalue weighted by atomic mass is 10.2. The molecule has 2 aromatic rings. The fraction of sp³-hybridized carbons (Fsp3) is 0.167. The number of hydrogen-bond acceptors (Lipinski definition) is 4. The molecule has 0 saturated carbocycles. The molecule has 142 valence electrons. The van der Waals surface area contributed by atoms with Gasteiger partial charge in [0.05, 0.1) is 17.1 Å². The summed E-state index contributed by atoms with van der Waals surface area (Å²) in [6.45, 7) is -0.516. The summed E-state index contributed by atoms with van der Waals surface area (Å²) in [4.78, 5) is 35.2. The van der Waals surface area contributed by atoms with Crippen LogP contribution in [-0.2, 0) is 19.1 Å². The predicted octanol–water partition coefficient (Wildman–Crippen LogP) is 4.03. The second-order valence-electron chi connectivity index (χ2n) is 5.39. The minimum absolute atomic E-state index is 0.152. The van der Waals surface area contributed by atoms with E-state index in [0.29, 0.717) is 21.4 Å². The fourth-order valence-electron chi connectivity index (χ4n) is 1.97. The summed E-state index contributed by atoms with van der Waals surface area (Å²) < 4.78 is 17.6. The van der Waals surface area contributed by atoms with Gasteiger partial charge in [-0.1, -0.05) is 23.2 Å². The number of amides is 2. The number of nitrogens with one attached hydrogen (secondary N) is 2. The molecule has 0 unspecified atom stereocenters. The van der Waals surface area contributed by atoms with Crippen molar-refractivity contribution >= 4 is 52.4 Å². The van der Waals surface area contributed by atoms with E-state index < -0.39 is 30.2 Å². The molecule has 0 bridgehead atoms. The Labute approximate surface area is 164 Å². The van der Waals surface area contributed by atoms with Crippen LogP contribution in [0.1, 0.15) is 12.8 Å². The highest BCUT2D eigenvalue weighted by Crippen LogP contribution is 2.25. The van der Waals surface area contributed by atoms with Gasteiger partial charge in [0.15, 0.2) is 6.61 Å². The highest BCUT2D eigenvalue weighted by molar-refractivity contribution is 6.35. The maximum atomic E-state index is 12.8. The minimum Gasteiger partial charge on any atom is -0.456 e. The van der Waals surface area contributed by atoms with Crippen molar-refractivity contribution in [3.8, 4) is 0 Å². The smallest absolute Gasteiger partial charge is 0.306 e. The number of carbonyl (C=O) groups is 3. The van der Waals surface area contributed by atoms with Gasteiger partial charge in [-0.3, -0.25) is 14.4 Å². The van der Waals surface area contributed by atoms with Crippen LogP contribution in [0.15, 0.2) is 42.5 Å². The highest BCUT2D eigenvalue weighted by Gasteiger charge is 2.12. The lowest BCUT2D eigenvalue weighted by Crippen LogP contribution is -2.21. The van der Waals surface area contributed by atoms with Crippen molar-refractivity contribution in [3.05, 3.63) is 58.3 Å². The third-order valence-corrected chi connectivity index (χ3v) is 3.82. The van der Waals surface area contributed by atoms with E-state index in [-0.39, 0.29) is 12.8 Å². The maximum absolute atomic E-state index is 12.8. The fourth-order valence-corrected chi connectivity index (χ4v) is 2.31. The Hall–Kier alpha value is -2.64. The van der Waals surface area contributed by atoms with Crippen LogP contribution in [0, 0.1) is 5.82 Å². The van der Waals surface area contributed by atoms with Crippen LogP contribution in [0.5, 0.6) is 0 Å².